The molecule has 5 aliphatic carbocycles. The van der Waals surface area contributed by atoms with Gasteiger partial charge in [0, 0.05) is 0 Å². The third kappa shape index (κ3) is 4.77. The van der Waals surface area contributed by atoms with Gasteiger partial charge in [0.1, 0.15) is 8.07 Å². The second-order valence-electron chi connectivity index (χ2n) is 14.5. The molecular formula is C41H48Si2. The summed E-state index contributed by atoms with van der Waals surface area (Å²) in [7, 11) is -3.86. The molecule has 8 atom stereocenters. The second-order valence-corrected chi connectivity index (χ2v) is 24.0. The molecule has 7 rings (SSSR count). The Morgan fingerprint density at radius 1 is 0.581 bits per heavy atom. The normalized spacial score (nSPS) is 34.0. The molecule has 8 unspecified atom stereocenters. The number of allylic oxidation sites excluding steroid dienone is 13. The van der Waals surface area contributed by atoms with Gasteiger partial charge < -0.3 is 0 Å². The van der Waals surface area contributed by atoms with Gasteiger partial charge in [-0.1, -0.05) is 182 Å². The van der Waals surface area contributed by atoms with Crippen molar-refractivity contribution >= 4 is 26.5 Å². The molecule has 0 heterocycles. The van der Waals surface area contributed by atoms with Gasteiger partial charge in [0.15, 0.2) is 0 Å². The van der Waals surface area contributed by atoms with Crippen molar-refractivity contribution in [2.45, 2.75) is 55.0 Å². The lowest BCUT2D eigenvalue weighted by Crippen LogP contribution is -2.68. The van der Waals surface area contributed by atoms with Crippen molar-refractivity contribution in [1.29, 1.82) is 0 Å². The number of fused-ring (bicyclic) bond motifs is 4. The van der Waals surface area contributed by atoms with Crippen LogP contribution in [-0.4, -0.2) is 16.1 Å². The van der Waals surface area contributed by atoms with E-state index < -0.39 is 16.1 Å². The molecule has 2 fully saturated rings. The molecule has 0 N–H and O–H groups in total. The van der Waals surface area contributed by atoms with Crippen LogP contribution in [0.15, 0.2) is 146 Å². The highest BCUT2D eigenvalue weighted by Crippen LogP contribution is 2.64. The molecule has 220 valence electrons. The molecule has 0 saturated heterocycles. The van der Waals surface area contributed by atoms with E-state index in [1.54, 1.807) is 10.4 Å². The van der Waals surface area contributed by atoms with Crippen LogP contribution >= 0.6 is 0 Å². The molecule has 0 aliphatic heterocycles. The van der Waals surface area contributed by atoms with Crippen molar-refractivity contribution < 1.29 is 0 Å². The third-order valence-electron chi connectivity index (χ3n) is 12.3. The molecule has 0 amide bonds. The Morgan fingerprint density at radius 2 is 1.00 bits per heavy atom. The minimum atomic E-state index is -2.41. The molecule has 0 aromatic heterocycles. The van der Waals surface area contributed by atoms with E-state index in [9.17, 15) is 0 Å². The second kappa shape index (κ2) is 11.9. The van der Waals surface area contributed by atoms with Gasteiger partial charge in [-0.05, 0) is 58.6 Å². The van der Waals surface area contributed by atoms with Crippen LogP contribution in [-0.2, 0) is 0 Å². The first-order chi connectivity index (χ1) is 21.1. The molecule has 0 bridgehead atoms. The number of benzene rings is 2. The van der Waals surface area contributed by atoms with Gasteiger partial charge in [-0.15, -0.1) is 6.58 Å². The first-order valence-corrected chi connectivity index (χ1v) is 22.3. The largest absolute Gasteiger partial charge is 0.125 e. The lowest BCUT2D eigenvalue weighted by Gasteiger charge is -2.56. The van der Waals surface area contributed by atoms with E-state index in [4.69, 9.17) is 0 Å². The quantitative estimate of drug-likeness (QED) is 0.210. The summed E-state index contributed by atoms with van der Waals surface area (Å²) in [6.07, 6.45) is 35.9. The Bertz CT molecular complexity index is 1400. The zero-order chi connectivity index (χ0) is 29.4. The first-order valence-electron chi connectivity index (χ1n) is 16.8. The van der Waals surface area contributed by atoms with E-state index in [1.165, 1.54) is 18.9 Å². The van der Waals surface area contributed by atoms with Gasteiger partial charge in [0.2, 0.25) is 0 Å². The Balaban J connectivity index is 1.45. The Hall–Kier alpha value is -2.95. The summed E-state index contributed by atoms with van der Waals surface area (Å²) in [6, 6.07) is 25.3. The standard InChI is InChI=1S/C41H48Si2/c1-4-5-30-42(2,3)39-28-29-40(36-25-15-14-24-35(36)39)43(31-18-8-6-9-19-31,32-20-10-7-11-21-32)41-37-26-16-12-22-33(37)34-23-13-17-27-38(34)41/h4,6-27,33-41H,1,5,28-30H2,2-3H3. The van der Waals surface area contributed by atoms with Crippen molar-refractivity contribution in [1.82, 2.24) is 0 Å². The predicted octanol–water partition coefficient (Wildman–Crippen LogP) is 9.53. The van der Waals surface area contributed by atoms with E-state index in [1.807, 2.05) is 0 Å². The summed E-state index contributed by atoms with van der Waals surface area (Å²) in [5, 5.41) is 3.31. The molecule has 2 aromatic rings. The zero-order valence-corrected chi connectivity index (χ0v) is 28.0. The highest BCUT2D eigenvalue weighted by molar-refractivity contribution is 7.04. The summed E-state index contributed by atoms with van der Waals surface area (Å²) >= 11 is 0. The Labute approximate surface area is 262 Å². The predicted molar refractivity (Wildman–Crippen MR) is 191 cm³/mol. The third-order valence-corrected chi connectivity index (χ3v) is 22.8. The number of hydrogen-bond donors (Lipinski definition) is 0. The van der Waals surface area contributed by atoms with Crippen LogP contribution in [0.3, 0.4) is 0 Å². The molecule has 0 nitrogen and oxygen atoms in total. The molecule has 43 heavy (non-hydrogen) atoms. The molecule has 5 aliphatic rings. The van der Waals surface area contributed by atoms with Gasteiger partial charge in [0.05, 0.1) is 8.07 Å². The van der Waals surface area contributed by atoms with E-state index in [0.717, 1.165) is 12.0 Å². The smallest absolute Gasteiger partial charge is 0.103 e. The maximum atomic E-state index is 4.09. The Morgan fingerprint density at radius 3 is 1.49 bits per heavy atom. The van der Waals surface area contributed by atoms with E-state index in [2.05, 4.69) is 159 Å². The topological polar surface area (TPSA) is 0 Å². The van der Waals surface area contributed by atoms with E-state index >= 15 is 0 Å². The highest BCUT2D eigenvalue weighted by atomic mass is 28.3. The maximum Gasteiger partial charge on any atom is 0.125 e. The van der Waals surface area contributed by atoms with Gasteiger partial charge in [-0.2, -0.15) is 0 Å². The van der Waals surface area contributed by atoms with Crippen molar-refractivity contribution in [2.24, 2.45) is 35.5 Å². The lowest BCUT2D eigenvalue weighted by atomic mass is 9.76. The van der Waals surface area contributed by atoms with Crippen LogP contribution in [0.4, 0.5) is 0 Å². The van der Waals surface area contributed by atoms with Crippen LogP contribution in [0, 0.1) is 35.5 Å². The van der Waals surface area contributed by atoms with E-state index in [0.29, 0.717) is 46.6 Å². The molecular weight excluding hydrogens is 549 g/mol. The van der Waals surface area contributed by atoms with Crippen LogP contribution in [0.2, 0.25) is 35.8 Å². The lowest BCUT2D eigenvalue weighted by molar-refractivity contribution is 0.317. The molecule has 0 spiro atoms. The van der Waals surface area contributed by atoms with Crippen LogP contribution < -0.4 is 10.4 Å². The SMILES string of the molecule is C=CCC[Si](C)(C)C1CCC([Si](c2ccccc2)(c2ccccc2)C2C3C=CC=CC3C3C=CC=CC32)C2C=CC=CC21. The maximum absolute atomic E-state index is 4.09. The molecule has 2 aromatic carbocycles. The number of rotatable bonds is 8. The monoisotopic (exact) mass is 596 g/mol. The Kier molecular flexibility index (Phi) is 7.94. The fourth-order valence-electron chi connectivity index (χ4n) is 10.6. The molecule has 2 saturated carbocycles. The first kappa shape index (κ1) is 28.8. The summed E-state index contributed by atoms with van der Waals surface area (Å²) in [4.78, 5) is 0. The van der Waals surface area contributed by atoms with Crippen LogP contribution in [0.5, 0.6) is 0 Å². The van der Waals surface area contributed by atoms with Crippen molar-refractivity contribution in [3.05, 3.63) is 146 Å². The zero-order valence-electron chi connectivity index (χ0n) is 26.0. The fraction of sp³-hybridized carbons (Fsp3) is 0.366. The average molecular weight is 597 g/mol. The van der Waals surface area contributed by atoms with Crippen molar-refractivity contribution in [2.75, 3.05) is 0 Å². The minimum Gasteiger partial charge on any atom is -0.103 e. The summed E-state index contributed by atoms with van der Waals surface area (Å²) < 4.78 is 0. The van der Waals surface area contributed by atoms with Gasteiger partial charge in [-0.3, -0.25) is 0 Å². The van der Waals surface area contributed by atoms with Gasteiger partial charge >= 0.3 is 0 Å². The van der Waals surface area contributed by atoms with Crippen LogP contribution in [0.1, 0.15) is 19.3 Å². The summed E-state index contributed by atoms with van der Waals surface area (Å²) in [5.41, 5.74) is 2.10. The van der Waals surface area contributed by atoms with E-state index in [-0.39, 0.29) is 0 Å². The average Bonchev–Trinajstić information content (AvgIpc) is 3.40. The van der Waals surface area contributed by atoms with Gasteiger partial charge in [0.25, 0.3) is 0 Å². The minimum absolute atomic E-state index is 0.567. The van der Waals surface area contributed by atoms with Gasteiger partial charge in [-0.25, -0.2) is 0 Å². The van der Waals surface area contributed by atoms with Crippen molar-refractivity contribution in [3.8, 4) is 0 Å². The summed E-state index contributed by atoms with van der Waals surface area (Å²) in [6.45, 7) is 9.44. The van der Waals surface area contributed by atoms with Crippen molar-refractivity contribution in [3.63, 3.8) is 0 Å². The molecule has 2 heteroatoms. The summed E-state index contributed by atoms with van der Waals surface area (Å²) in [5.74, 6) is 3.54. The highest BCUT2D eigenvalue weighted by Gasteiger charge is 2.63. The molecule has 0 radical (unpaired) electrons. The van der Waals surface area contributed by atoms with Crippen LogP contribution in [0.25, 0.3) is 0 Å². The fourth-order valence-corrected chi connectivity index (χ4v) is 21.6. The number of hydrogen-bond acceptors (Lipinski definition) is 0.